The number of benzene rings is 2. The Bertz CT molecular complexity index is 905. The first kappa shape index (κ1) is 20.2. The van der Waals surface area contributed by atoms with Gasteiger partial charge in [0.15, 0.2) is 11.5 Å². The van der Waals surface area contributed by atoms with Gasteiger partial charge < -0.3 is 20.1 Å². The number of amides is 2. The van der Waals surface area contributed by atoms with Crippen LogP contribution in [0.2, 0.25) is 0 Å². The van der Waals surface area contributed by atoms with Gasteiger partial charge in [0.2, 0.25) is 18.6 Å². The summed E-state index contributed by atoms with van der Waals surface area (Å²) in [5.74, 6) is 1.49. The van der Waals surface area contributed by atoms with Crippen LogP contribution in [0.4, 0.5) is 5.69 Å². The van der Waals surface area contributed by atoms with Crippen LogP contribution in [0, 0.1) is 12.8 Å². The third kappa shape index (κ3) is 5.10. The van der Waals surface area contributed by atoms with Crippen molar-refractivity contribution in [1.82, 2.24) is 10.2 Å². The number of nitrogens with one attached hydrogen (secondary N) is 2. The van der Waals surface area contributed by atoms with E-state index in [2.05, 4.69) is 15.5 Å². The van der Waals surface area contributed by atoms with Gasteiger partial charge in [-0.05, 0) is 62.7 Å². The van der Waals surface area contributed by atoms with Gasteiger partial charge >= 0.3 is 0 Å². The predicted octanol–water partition coefficient (Wildman–Crippen LogP) is 2.69. The number of rotatable bonds is 6. The summed E-state index contributed by atoms with van der Waals surface area (Å²) < 4.78 is 10.7. The first-order chi connectivity index (χ1) is 14.6. The standard InChI is InChI=1S/C23H27N3O4/c1-16-2-5-19(6-3-16)25-22(27)14-26-10-8-18(9-11-26)23(28)24-13-17-4-7-20-21(12-17)30-15-29-20/h2-7,12,18H,8-11,13-15H2,1H3,(H,24,28)(H,25,27). The maximum atomic E-state index is 12.5. The molecule has 1 saturated heterocycles. The van der Waals surface area contributed by atoms with Crippen molar-refractivity contribution >= 4 is 17.5 Å². The van der Waals surface area contributed by atoms with E-state index in [1.165, 1.54) is 0 Å². The van der Waals surface area contributed by atoms with Crippen molar-refractivity contribution < 1.29 is 19.1 Å². The average molecular weight is 409 g/mol. The van der Waals surface area contributed by atoms with Crippen LogP contribution >= 0.6 is 0 Å². The third-order valence-corrected chi connectivity index (χ3v) is 5.56. The number of fused-ring (bicyclic) bond motifs is 1. The fourth-order valence-corrected chi connectivity index (χ4v) is 3.78. The van der Waals surface area contributed by atoms with E-state index in [-0.39, 0.29) is 24.5 Å². The highest BCUT2D eigenvalue weighted by Crippen LogP contribution is 2.32. The van der Waals surface area contributed by atoms with E-state index >= 15 is 0 Å². The number of aryl methyl sites for hydroxylation is 1. The minimum absolute atomic E-state index is 0.0181. The summed E-state index contributed by atoms with van der Waals surface area (Å²) in [6.45, 7) is 4.55. The van der Waals surface area contributed by atoms with E-state index in [0.717, 1.165) is 54.2 Å². The molecule has 30 heavy (non-hydrogen) atoms. The van der Waals surface area contributed by atoms with Crippen LogP contribution in [0.5, 0.6) is 11.5 Å². The number of anilines is 1. The van der Waals surface area contributed by atoms with Crippen LogP contribution in [0.15, 0.2) is 42.5 Å². The van der Waals surface area contributed by atoms with Gasteiger partial charge in [0.25, 0.3) is 0 Å². The van der Waals surface area contributed by atoms with Crippen LogP contribution in [0.25, 0.3) is 0 Å². The Morgan fingerprint density at radius 2 is 1.77 bits per heavy atom. The normalized spacial score (nSPS) is 16.3. The van der Waals surface area contributed by atoms with Crippen LogP contribution in [0.1, 0.15) is 24.0 Å². The first-order valence-electron chi connectivity index (χ1n) is 10.3. The van der Waals surface area contributed by atoms with Crippen LogP contribution < -0.4 is 20.1 Å². The maximum absolute atomic E-state index is 12.5. The van der Waals surface area contributed by atoms with Crippen molar-refractivity contribution in [3.63, 3.8) is 0 Å². The molecule has 0 spiro atoms. The Labute approximate surface area is 176 Å². The molecule has 0 bridgehead atoms. The van der Waals surface area contributed by atoms with E-state index in [9.17, 15) is 9.59 Å². The Morgan fingerprint density at radius 1 is 1.03 bits per heavy atom. The molecule has 7 heteroatoms. The summed E-state index contributed by atoms with van der Waals surface area (Å²) >= 11 is 0. The van der Waals surface area contributed by atoms with Gasteiger partial charge in [-0.1, -0.05) is 23.8 Å². The lowest BCUT2D eigenvalue weighted by Gasteiger charge is -2.30. The molecule has 0 aliphatic carbocycles. The molecule has 2 aromatic rings. The van der Waals surface area contributed by atoms with Gasteiger partial charge in [-0.15, -0.1) is 0 Å². The smallest absolute Gasteiger partial charge is 0.238 e. The Kier molecular flexibility index (Phi) is 6.18. The van der Waals surface area contributed by atoms with Gasteiger partial charge in [0.1, 0.15) is 0 Å². The second kappa shape index (κ2) is 9.17. The molecule has 2 aliphatic rings. The first-order valence-corrected chi connectivity index (χ1v) is 10.3. The molecule has 2 N–H and O–H groups in total. The Morgan fingerprint density at radius 3 is 2.53 bits per heavy atom. The van der Waals surface area contributed by atoms with Gasteiger partial charge in [0, 0.05) is 18.2 Å². The molecule has 7 nitrogen and oxygen atoms in total. The molecule has 2 aliphatic heterocycles. The van der Waals surface area contributed by atoms with E-state index in [1.807, 2.05) is 49.4 Å². The summed E-state index contributed by atoms with van der Waals surface area (Å²) in [7, 11) is 0. The predicted molar refractivity (Wildman–Crippen MR) is 113 cm³/mol. The van der Waals surface area contributed by atoms with Gasteiger partial charge in [-0.25, -0.2) is 0 Å². The number of hydrogen-bond acceptors (Lipinski definition) is 5. The monoisotopic (exact) mass is 409 g/mol. The second-order valence-corrected chi connectivity index (χ2v) is 7.87. The molecule has 1 fully saturated rings. The number of hydrogen-bond donors (Lipinski definition) is 2. The lowest BCUT2D eigenvalue weighted by Crippen LogP contribution is -2.43. The zero-order valence-corrected chi connectivity index (χ0v) is 17.1. The fraction of sp³-hybridized carbons (Fsp3) is 0.391. The number of carbonyl (C=O) groups excluding carboxylic acids is 2. The van der Waals surface area contributed by atoms with Gasteiger partial charge in [-0.2, -0.15) is 0 Å². The molecule has 0 aromatic heterocycles. The van der Waals surface area contributed by atoms with Crippen molar-refractivity contribution in [2.45, 2.75) is 26.3 Å². The summed E-state index contributed by atoms with van der Waals surface area (Å²) in [5, 5.41) is 5.95. The number of likely N-dealkylation sites (tertiary alicyclic amines) is 1. The lowest BCUT2D eigenvalue weighted by molar-refractivity contribution is -0.126. The molecule has 0 unspecified atom stereocenters. The van der Waals surface area contributed by atoms with Gasteiger partial charge in [0.05, 0.1) is 6.54 Å². The highest BCUT2D eigenvalue weighted by atomic mass is 16.7. The number of piperidine rings is 1. The largest absolute Gasteiger partial charge is 0.454 e. The van der Waals surface area contributed by atoms with E-state index in [4.69, 9.17) is 9.47 Å². The topological polar surface area (TPSA) is 79.9 Å². The minimum Gasteiger partial charge on any atom is -0.454 e. The average Bonchev–Trinajstić information content (AvgIpc) is 3.22. The molecule has 2 amide bonds. The quantitative estimate of drug-likeness (QED) is 0.767. The molecule has 2 aromatic carbocycles. The molecule has 0 atom stereocenters. The maximum Gasteiger partial charge on any atom is 0.238 e. The highest BCUT2D eigenvalue weighted by molar-refractivity contribution is 5.92. The highest BCUT2D eigenvalue weighted by Gasteiger charge is 2.26. The van der Waals surface area contributed by atoms with E-state index in [1.54, 1.807) is 0 Å². The molecule has 4 rings (SSSR count). The number of nitrogens with zero attached hydrogens (tertiary/aromatic N) is 1. The summed E-state index contributed by atoms with van der Waals surface area (Å²) in [5.41, 5.74) is 2.95. The lowest BCUT2D eigenvalue weighted by atomic mass is 9.96. The second-order valence-electron chi connectivity index (χ2n) is 7.87. The van der Waals surface area contributed by atoms with Crippen LogP contribution in [-0.2, 0) is 16.1 Å². The summed E-state index contributed by atoms with van der Waals surface area (Å²) in [6.07, 6.45) is 1.51. The van der Waals surface area contributed by atoms with Crippen LogP contribution in [0.3, 0.4) is 0 Å². The fourth-order valence-electron chi connectivity index (χ4n) is 3.78. The molecular weight excluding hydrogens is 382 g/mol. The Balaban J connectivity index is 1.18. The zero-order valence-electron chi connectivity index (χ0n) is 17.1. The van der Waals surface area contributed by atoms with E-state index < -0.39 is 0 Å². The molecular formula is C23H27N3O4. The minimum atomic E-state index is -0.0236. The van der Waals surface area contributed by atoms with Crippen molar-refractivity contribution in [2.24, 2.45) is 5.92 Å². The van der Waals surface area contributed by atoms with Crippen molar-refractivity contribution in [3.05, 3.63) is 53.6 Å². The summed E-state index contributed by atoms with van der Waals surface area (Å²) in [4.78, 5) is 26.9. The zero-order chi connectivity index (χ0) is 20.9. The van der Waals surface area contributed by atoms with Crippen molar-refractivity contribution in [2.75, 3.05) is 31.7 Å². The molecule has 2 heterocycles. The molecule has 0 radical (unpaired) electrons. The summed E-state index contributed by atoms with van der Waals surface area (Å²) in [6, 6.07) is 13.5. The third-order valence-electron chi connectivity index (χ3n) is 5.56. The van der Waals surface area contributed by atoms with Crippen LogP contribution in [-0.4, -0.2) is 43.1 Å². The molecule has 0 saturated carbocycles. The molecule has 158 valence electrons. The van der Waals surface area contributed by atoms with Crippen molar-refractivity contribution in [1.29, 1.82) is 0 Å². The van der Waals surface area contributed by atoms with Crippen molar-refractivity contribution in [3.8, 4) is 11.5 Å². The number of carbonyl (C=O) groups is 2. The SMILES string of the molecule is Cc1ccc(NC(=O)CN2CCC(C(=O)NCc3ccc4c(c3)OCO4)CC2)cc1. The van der Waals surface area contributed by atoms with E-state index in [0.29, 0.717) is 13.1 Å². The number of ether oxygens (including phenoxy) is 2. The van der Waals surface area contributed by atoms with Gasteiger partial charge in [-0.3, -0.25) is 14.5 Å². The Hall–Kier alpha value is -3.06.